The molecule has 1 aliphatic heterocycles. The summed E-state index contributed by atoms with van der Waals surface area (Å²) >= 11 is 1.83. The Balaban J connectivity index is 1.56. The lowest BCUT2D eigenvalue weighted by atomic mass is 10.1. The lowest BCUT2D eigenvalue weighted by molar-refractivity contribution is 0.0946. The summed E-state index contributed by atoms with van der Waals surface area (Å²) in [4.78, 5) is 16.8. The van der Waals surface area contributed by atoms with Crippen molar-refractivity contribution in [1.82, 2.24) is 10.3 Å². The SMILES string of the molecule is NS(=O)(=O)c1ccc(CCNC(=O)c2cccnc2OC2CCSC2)cc1. The first-order valence-corrected chi connectivity index (χ1v) is 11.2. The number of nitrogens with zero attached hydrogens (tertiary/aromatic N) is 1. The summed E-state index contributed by atoms with van der Waals surface area (Å²) in [5.74, 6) is 2.08. The van der Waals surface area contributed by atoms with Crippen molar-refractivity contribution in [2.75, 3.05) is 18.1 Å². The van der Waals surface area contributed by atoms with Crippen LogP contribution in [0.2, 0.25) is 0 Å². The average molecular weight is 408 g/mol. The van der Waals surface area contributed by atoms with Crippen molar-refractivity contribution < 1.29 is 17.9 Å². The molecule has 3 N–H and O–H groups in total. The van der Waals surface area contributed by atoms with E-state index in [2.05, 4.69) is 10.3 Å². The summed E-state index contributed by atoms with van der Waals surface area (Å²) in [6, 6.07) is 9.68. The number of nitrogens with one attached hydrogen (secondary N) is 1. The van der Waals surface area contributed by atoms with Crippen LogP contribution in [0.5, 0.6) is 5.88 Å². The Hall–Kier alpha value is -2.10. The molecule has 1 saturated heterocycles. The molecule has 144 valence electrons. The van der Waals surface area contributed by atoms with Gasteiger partial charge in [-0.1, -0.05) is 12.1 Å². The van der Waals surface area contributed by atoms with Crippen LogP contribution in [0.25, 0.3) is 0 Å². The van der Waals surface area contributed by atoms with Crippen molar-refractivity contribution in [2.45, 2.75) is 23.8 Å². The number of hydrogen-bond donors (Lipinski definition) is 2. The third-order valence-corrected chi connectivity index (χ3v) is 6.19. The molecule has 3 rings (SSSR count). The van der Waals surface area contributed by atoms with Gasteiger partial charge in [-0.25, -0.2) is 18.5 Å². The summed E-state index contributed by atoms with van der Waals surface area (Å²) in [5.41, 5.74) is 1.31. The van der Waals surface area contributed by atoms with Gasteiger partial charge in [-0.3, -0.25) is 4.79 Å². The van der Waals surface area contributed by atoms with E-state index >= 15 is 0 Å². The Morgan fingerprint density at radius 1 is 1.30 bits per heavy atom. The molecule has 1 amide bonds. The van der Waals surface area contributed by atoms with Crippen molar-refractivity contribution in [3.05, 3.63) is 53.7 Å². The van der Waals surface area contributed by atoms with Gasteiger partial charge in [-0.05, 0) is 48.4 Å². The van der Waals surface area contributed by atoms with Crippen molar-refractivity contribution in [3.8, 4) is 5.88 Å². The summed E-state index contributed by atoms with van der Waals surface area (Å²) in [7, 11) is -3.70. The monoisotopic (exact) mass is 407 g/mol. The van der Waals surface area contributed by atoms with Crippen LogP contribution in [0.1, 0.15) is 22.3 Å². The van der Waals surface area contributed by atoms with E-state index in [-0.39, 0.29) is 16.9 Å². The highest BCUT2D eigenvalue weighted by Gasteiger charge is 2.21. The molecule has 1 atom stereocenters. The molecule has 1 unspecified atom stereocenters. The summed E-state index contributed by atoms with van der Waals surface area (Å²) in [5, 5.41) is 7.93. The van der Waals surface area contributed by atoms with Crippen LogP contribution in [-0.2, 0) is 16.4 Å². The molecule has 1 aliphatic rings. The molecule has 0 saturated carbocycles. The molecule has 0 bridgehead atoms. The molecule has 2 heterocycles. The minimum atomic E-state index is -3.70. The van der Waals surface area contributed by atoms with Gasteiger partial charge in [0.25, 0.3) is 5.91 Å². The normalized spacial score (nSPS) is 16.9. The molecule has 0 spiro atoms. The van der Waals surface area contributed by atoms with Crippen molar-refractivity contribution in [3.63, 3.8) is 0 Å². The van der Waals surface area contributed by atoms with Gasteiger partial charge in [0.15, 0.2) is 0 Å². The zero-order valence-corrected chi connectivity index (χ0v) is 16.3. The largest absolute Gasteiger partial charge is 0.473 e. The predicted molar refractivity (Wildman–Crippen MR) is 104 cm³/mol. The topological polar surface area (TPSA) is 111 Å². The van der Waals surface area contributed by atoms with Crippen LogP contribution in [0.15, 0.2) is 47.5 Å². The number of nitrogens with two attached hydrogens (primary N) is 1. The summed E-state index contributed by atoms with van der Waals surface area (Å²) < 4.78 is 28.4. The Morgan fingerprint density at radius 2 is 2.07 bits per heavy atom. The maximum atomic E-state index is 12.5. The number of carbonyl (C=O) groups is 1. The molecule has 0 radical (unpaired) electrons. The standard InChI is InChI=1S/C18H21N3O4S2/c19-27(23,24)15-5-3-13(4-6-15)7-10-20-17(22)16-2-1-9-21-18(16)25-14-8-11-26-12-14/h1-6,9,14H,7-8,10-12H2,(H,20,22)(H2,19,23,24). The van der Waals surface area contributed by atoms with Gasteiger partial charge in [0, 0.05) is 18.5 Å². The lowest BCUT2D eigenvalue weighted by Gasteiger charge is -2.14. The number of hydrogen-bond acceptors (Lipinski definition) is 6. The highest BCUT2D eigenvalue weighted by atomic mass is 32.2. The van der Waals surface area contributed by atoms with Gasteiger partial charge in [-0.2, -0.15) is 11.8 Å². The minimum absolute atomic E-state index is 0.0671. The second kappa shape index (κ2) is 8.73. The maximum absolute atomic E-state index is 12.5. The summed E-state index contributed by atoms with van der Waals surface area (Å²) in [6.45, 7) is 0.404. The van der Waals surface area contributed by atoms with Crippen LogP contribution in [0.4, 0.5) is 0 Å². The third-order valence-electron chi connectivity index (χ3n) is 4.13. The smallest absolute Gasteiger partial charge is 0.256 e. The molecule has 7 nitrogen and oxygen atoms in total. The zero-order valence-electron chi connectivity index (χ0n) is 14.6. The van der Waals surface area contributed by atoms with Gasteiger partial charge in [0.2, 0.25) is 15.9 Å². The summed E-state index contributed by atoms with van der Waals surface area (Å²) in [6.07, 6.45) is 3.22. The molecule has 1 fully saturated rings. The quantitative estimate of drug-likeness (QED) is 0.721. The fourth-order valence-corrected chi connectivity index (χ4v) is 4.29. The number of sulfonamides is 1. The van der Waals surface area contributed by atoms with Crippen molar-refractivity contribution >= 4 is 27.7 Å². The number of carbonyl (C=O) groups excluding carboxylic acids is 1. The zero-order chi connectivity index (χ0) is 19.3. The molecule has 1 aromatic carbocycles. The maximum Gasteiger partial charge on any atom is 0.256 e. The highest BCUT2D eigenvalue weighted by molar-refractivity contribution is 7.99. The highest BCUT2D eigenvalue weighted by Crippen LogP contribution is 2.24. The fraction of sp³-hybridized carbons (Fsp3) is 0.333. The number of aromatic nitrogens is 1. The van der Waals surface area contributed by atoms with E-state index in [1.807, 2.05) is 11.8 Å². The Kier molecular flexibility index (Phi) is 6.35. The van der Waals surface area contributed by atoms with E-state index in [4.69, 9.17) is 9.88 Å². The van der Waals surface area contributed by atoms with Crippen LogP contribution < -0.4 is 15.2 Å². The van der Waals surface area contributed by atoms with E-state index in [9.17, 15) is 13.2 Å². The second-order valence-corrected chi connectivity index (χ2v) is 8.87. The van der Waals surface area contributed by atoms with E-state index in [1.165, 1.54) is 12.1 Å². The number of amides is 1. The molecule has 1 aromatic heterocycles. The average Bonchev–Trinajstić information content (AvgIpc) is 3.15. The number of ether oxygens (including phenoxy) is 1. The van der Waals surface area contributed by atoms with Crippen LogP contribution >= 0.6 is 11.8 Å². The number of pyridine rings is 1. The van der Waals surface area contributed by atoms with E-state index in [0.717, 1.165) is 23.5 Å². The minimum Gasteiger partial charge on any atom is -0.473 e. The van der Waals surface area contributed by atoms with Gasteiger partial charge in [0.05, 0.1) is 4.90 Å². The number of rotatable bonds is 7. The molecular weight excluding hydrogens is 386 g/mol. The van der Waals surface area contributed by atoms with Crippen LogP contribution in [0, 0.1) is 0 Å². The van der Waals surface area contributed by atoms with Gasteiger partial charge in [-0.15, -0.1) is 0 Å². The Morgan fingerprint density at radius 3 is 2.74 bits per heavy atom. The number of thioether (sulfide) groups is 1. The third kappa shape index (κ3) is 5.44. The molecular formula is C18H21N3O4S2. The van der Waals surface area contributed by atoms with Crippen molar-refractivity contribution in [1.29, 1.82) is 0 Å². The van der Waals surface area contributed by atoms with E-state index in [0.29, 0.717) is 24.4 Å². The van der Waals surface area contributed by atoms with Crippen molar-refractivity contribution in [2.24, 2.45) is 5.14 Å². The Bertz CT molecular complexity index is 895. The lowest BCUT2D eigenvalue weighted by Crippen LogP contribution is -2.27. The molecule has 0 aliphatic carbocycles. The fourth-order valence-electron chi connectivity index (χ4n) is 2.68. The van der Waals surface area contributed by atoms with Crippen LogP contribution in [-0.4, -0.2) is 43.5 Å². The van der Waals surface area contributed by atoms with Gasteiger partial charge >= 0.3 is 0 Å². The number of benzene rings is 1. The van der Waals surface area contributed by atoms with E-state index < -0.39 is 10.0 Å². The van der Waals surface area contributed by atoms with Gasteiger partial charge < -0.3 is 10.1 Å². The second-order valence-electron chi connectivity index (χ2n) is 6.15. The molecule has 2 aromatic rings. The Labute approximate surface area is 162 Å². The first-order chi connectivity index (χ1) is 12.9. The van der Waals surface area contributed by atoms with Crippen LogP contribution in [0.3, 0.4) is 0 Å². The predicted octanol–water partition coefficient (Wildman–Crippen LogP) is 1.59. The van der Waals surface area contributed by atoms with E-state index in [1.54, 1.807) is 30.5 Å². The first-order valence-electron chi connectivity index (χ1n) is 8.53. The molecule has 27 heavy (non-hydrogen) atoms. The first kappa shape index (κ1) is 19.7. The number of primary sulfonamides is 1. The van der Waals surface area contributed by atoms with Gasteiger partial charge in [0.1, 0.15) is 11.7 Å². The molecule has 9 heteroatoms.